The van der Waals surface area contributed by atoms with Gasteiger partial charge in [-0.05, 0) is 71.8 Å². The van der Waals surface area contributed by atoms with E-state index in [0.717, 1.165) is 37.2 Å². The zero-order valence-corrected chi connectivity index (χ0v) is 19.5. The lowest BCUT2D eigenvalue weighted by molar-refractivity contribution is -0.275. The Kier molecular flexibility index (Phi) is 6.47. The molecular formula is C28H26F4N2O2. The largest absolute Gasteiger partial charge is 0.490 e. The molecule has 0 bridgehead atoms. The quantitative estimate of drug-likeness (QED) is 0.414. The fraction of sp³-hybridized carbons (Fsp3) is 0.321. The Bertz CT molecular complexity index is 1250. The van der Waals surface area contributed by atoms with Crippen LogP contribution in [0.2, 0.25) is 0 Å². The van der Waals surface area contributed by atoms with Crippen LogP contribution in [0.25, 0.3) is 0 Å². The number of piperidine rings is 1. The molecule has 0 aromatic heterocycles. The predicted molar refractivity (Wildman–Crippen MR) is 130 cm³/mol. The molecule has 2 unspecified atom stereocenters. The van der Waals surface area contributed by atoms with Crippen LogP contribution in [0, 0.1) is 5.82 Å². The number of hydrogen-bond acceptors (Lipinski definition) is 4. The van der Waals surface area contributed by atoms with E-state index in [-0.39, 0.29) is 17.1 Å². The van der Waals surface area contributed by atoms with Gasteiger partial charge in [0.05, 0.1) is 0 Å². The van der Waals surface area contributed by atoms with Crippen LogP contribution in [0.15, 0.2) is 71.7 Å². The van der Waals surface area contributed by atoms with Crippen molar-refractivity contribution in [2.45, 2.75) is 37.1 Å². The summed E-state index contributed by atoms with van der Waals surface area (Å²) in [6.07, 6.45) is -0.184. The monoisotopic (exact) mass is 498 g/mol. The Balaban J connectivity index is 1.38. The maximum absolute atomic E-state index is 14.2. The van der Waals surface area contributed by atoms with Crippen molar-refractivity contribution in [2.75, 3.05) is 24.6 Å². The van der Waals surface area contributed by atoms with Gasteiger partial charge in [-0.15, -0.1) is 0 Å². The second-order valence-electron chi connectivity index (χ2n) is 9.27. The van der Waals surface area contributed by atoms with E-state index < -0.39 is 24.4 Å². The molecular weight excluding hydrogens is 472 g/mol. The van der Waals surface area contributed by atoms with Crippen molar-refractivity contribution in [3.63, 3.8) is 0 Å². The van der Waals surface area contributed by atoms with Crippen molar-refractivity contribution in [1.29, 1.82) is 0 Å². The lowest BCUT2D eigenvalue weighted by Gasteiger charge is -2.32. The number of aliphatic hydroxyl groups is 1. The van der Waals surface area contributed by atoms with E-state index in [4.69, 9.17) is 4.74 Å². The molecule has 3 aromatic carbocycles. The van der Waals surface area contributed by atoms with Gasteiger partial charge in [0, 0.05) is 31.1 Å². The number of alkyl halides is 3. The SMILES string of the molecule is OC(COc1cccc(N2CCCCC2)c1)(c1ccc2c(c1)C=NC2c1ccc(F)cc1)C(F)(F)F. The van der Waals surface area contributed by atoms with E-state index >= 15 is 0 Å². The molecule has 0 amide bonds. The summed E-state index contributed by atoms with van der Waals surface area (Å²) >= 11 is 0. The van der Waals surface area contributed by atoms with Crippen molar-refractivity contribution >= 4 is 11.9 Å². The topological polar surface area (TPSA) is 45.1 Å². The molecule has 0 aliphatic carbocycles. The number of ether oxygens (including phenoxy) is 1. The number of anilines is 1. The first-order valence-electron chi connectivity index (χ1n) is 11.9. The Labute approximate surface area is 206 Å². The predicted octanol–water partition coefficient (Wildman–Crippen LogP) is 6.17. The van der Waals surface area contributed by atoms with Crippen LogP contribution in [-0.4, -0.2) is 37.2 Å². The minimum Gasteiger partial charge on any atom is -0.490 e. The fourth-order valence-corrected chi connectivity index (χ4v) is 4.78. The van der Waals surface area contributed by atoms with E-state index in [2.05, 4.69) is 9.89 Å². The first-order chi connectivity index (χ1) is 17.2. The zero-order valence-electron chi connectivity index (χ0n) is 19.5. The molecule has 2 heterocycles. The zero-order chi connectivity index (χ0) is 25.3. The van der Waals surface area contributed by atoms with E-state index in [1.807, 2.05) is 6.07 Å². The van der Waals surface area contributed by atoms with Crippen molar-refractivity contribution in [2.24, 2.45) is 4.99 Å². The summed E-state index contributed by atoms with van der Waals surface area (Å²) in [5.41, 5.74) is -0.774. The van der Waals surface area contributed by atoms with E-state index in [0.29, 0.717) is 11.1 Å². The molecule has 188 valence electrons. The molecule has 2 aliphatic heterocycles. The minimum absolute atomic E-state index is 0.264. The van der Waals surface area contributed by atoms with Crippen LogP contribution in [0.5, 0.6) is 5.75 Å². The first-order valence-corrected chi connectivity index (χ1v) is 11.9. The molecule has 1 saturated heterocycles. The highest BCUT2D eigenvalue weighted by molar-refractivity contribution is 5.86. The minimum atomic E-state index is -4.97. The third kappa shape index (κ3) is 4.69. The van der Waals surface area contributed by atoms with Crippen molar-refractivity contribution < 1.29 is 27.4 Å². The number of halogens is 4. The number of nitrogens with zero attached hydrogens (tertiary/aromatic N) is 2. The van der Waals surface area contributed by atoms with Crippen molar-refractivity contribution in [1.82, 2.24) is 0 Å². The Morgan fingerprint density at radius 1 is 0.944 bits per heavy atom. The molecule has 2 aliphatic rings. The van der Waals surface area contributed by atoms with Crippen molar-refractivity contribution in [3.8, 4) is 5.75 Å². The van der Waals surface area contributed by atoms with Gasteiger partial charge in [0.1, 0.15) is 24.2 Å². The third-order valence-electron chi connectivity index (χ3n) is 6.86. The van der Waals surface area contributed by atoms with Crippen LogP contribution < -0.4 is 9.64 Å². The molecule has 36 heavy (non-hydrogen) atoms. The highest BCUT2D eigenvalue weighted by atomic mass is 19.4. The summed E-state index contributed by atoms with van der Waals surface area (Å²) in [6, 6.07) is 16.4. The summed E-state index contributed by atoms with van der Waals surface area (Å²) in [5.74, 6) is -0.118. The Morgan fingerprint density at radius 3 is 2.42 bits per heavy atom. The van der Waals surface area contributed by atoms with Crippen LogP contribution in [-0.2, 0) is 5.60 Å². The van der Waals surface area contributed by atoms with Crippen LogP contribution in [0.3, 0.4) is 0 Å². The van der Waals surface area contributed by atoms with Gasteiger partial charge in [-0.3, -0.25) is 4.99 Å². The fourth-order valence-electron chi connectivity index (χ4n) is 4.78. The summed E-state index contributed by atoms with van der Waals surface area (Å²) in [7, 11) is 0. The molecule has 2 atom stereocenters. The summed E-state index contributed by atoms with van der Waals surface area (Å²) in [5, 5.41) is 10.9. The second-order valence-corrected chi connectivity index (χ2v) is 9.27. The lowest BCUT2D eigenvalue weighted by atomic mass is 9.89. The average Bonchev–Trinajstić information content (AvgIpc) is 3.31. The van der Waals surface area contributed by atoms with Gasteiger partial charge in [0.2, 0.25) is 5.60 Å². The molecule has 4 nitrogen and oxygen atoms in total. The molecule has 3 aromatic rings. The Hall–Kier alpha value is -3.39. The highest BCUT2D eigenvalue weighted by Crippen LogP contribution is 2.42. The molecule has 0 saturated carbocycles. The smallest absolute Gasteiger partial charge is 0.424 e. The van der Waals surface area contributed by atoms with Gasteiger partial charge >= 0.3 is 6.18 Å². The van der Waals surface area contributed by atoms with Gasteiger partial charge in [0.15, 0.2) is 0 Å². The van der Waals surface area contributed by atoms with E-state index in [1.54, 1.807) is 30.3 Å². The summed E-state index contributed by atoms with van der Waals surface area (Å²) in [6.45, 7) is 0.800. The number of hydrogen-bond donors (Lipinski definition) is 1. The highest BCUT2D eigenvalue weighted by Gasteiger charge is 2.56. The molecule has 1 N–H and O–H groups in total. The molecule has 0 radical (unpaired) electrons. The van der Waals surface area contributed by atoms with Gasteiger partial charge in [-0.2, -0.15) is 13.2 Å². The van der Waals surface area contributed by atoms with Gasteiger partial charge in [-0.25, -0.2) is 4.39 Å². The van der Waals surface area contributed by atoms with Gasteiger partial charge < -0.3 is 14.7 Å². The van der Waals surface area contributed by atoms with Crippen LogP contribution in [0.4, 0.5) is 23.2 Å². The lowest BCUT2D eigenvalue weighted by Crippen LogP contribution is -2.47. The molecule has 8 heteroatoms. The number of benzene rings is 3. The number of aliphatic imine (C=N–C) groups is 1. The second kappa shape index (κ2) is 9.58. The van der Waals surface area contributed by atoms with Crippen LogP contribution >= 0.6 is 0 Å². The normalized spacial score (nSPS) is 19.1. The maximum atomic E-state index is 14.2. The van der Waals surface area contributed by atoms with E-state index in [1.165, 1.54) is 43.0 Å². The Morgan fingerprint density at radius 2 is 1.69 bits per heavy atom. The van der Waals surface area contributed by atoms with E-state index in [9.17, 15) is 22.7 Å². The van der Waals surface area contributed by atoms with Crippen molar-refractivity contribution in [3.05, 3.63) is 94.8 Å². The molecule has 5 rings (SSSR count). The molecule has 0 spiro atoms. The average molecular weight is 499 g/mol. The van der Waals surface area contributed by atoms with Gasteiger partial charge in [-0.1, -0.05) is 30.3 Å². The van der Waals surface area contributed by atoms with Crippen LogP contribution in [0.1, 0.15) is 47.6 Å². The maximum Gasteiger partial charge on any atom is 0.424 e. The number of rotatable bonds is 6. The molecule has 1 fully saturated rings. The summed E-state index contributed by atoms with van der Waals surface area (Å²) in [4.78, 5) is 6.57. The first kappa shape index (κ1) is 24.3. The summed E-state index contributed by atoms with van der Waals surface area (Å²) < 4.78 is 61.4. The standard InChI is InChI=1S/C28H26F4N2O2/c29-22-10-7-19(8-11-22)26-25-12-9-21(15-20(25)17-33-26)27(35,28(30,31)32)18-36-24-6-4-5-23(16-24)34-13-2-1-3-14-34/h4-12,15-17,26,35H,1-3,13-14,18H2. The third-order valence-corrected chi connectivity index (χ3v) is 6.86. The number of fused-ring (bicyclic) bond motifs is 1. The van der Waals surface area contributed by atoms with Gasteiger partial charge in [0.25, 0.3) is 0 Å².